The van der Waals surface area contributed by atoms with E-state index in [9.17, 15) is 0 Å². The molecule has 2 bridgehead atoms. The molecular formula is C12H26BiO3PS. The fourth-order valence-corrected chi connectivity index (χ4v) is 28.5. The van der Waals surface area contributed by atoms with Crippen LogP contribution in [0, 0.1) is 5.92 Å². The first-order valence-electron chi connectivity index (χ1n) is 7.13. The number of hydrogen-bond donors (Lipinski definition) is 0. The third-order valence-corrected chi connectivity index (χ3v) is 26.3. The first kappa shape index (κ1) is 15.9. The Labute approximate surface area is 124 Å². The third-order valence-electron chi connectivity index (χ3n) is 3.08. The number of rotatable bonds is 9. The predicted molar refractivity (Wildman–Crippen MR) is 81.2 cm³/mol. The molecule has 6 heteroatoms. The second kappa shape index (κ2) is 7.52. The summed E-state index contributed by atoms with van der Waals surface area (Å²) in [7, 11) is 0.276. The molecule has 3 rings (SSSR count). The predicted octanol–water partition coefficient (Wildman–Crippen LogP) is 4.36. The second-order valence-corrected chi connectivity index (χ2v) is 18.8. The van der Waals surface area contributed by atoms with Crippen LogP contribution in [0.4, 0.5) is 0 Å². The molecule has 1 atom stereocenters. The Hall–Kier alpha value is 1.54. The van der Waals surface area contributed by atoms with E-state index in [4.69, 9.17) is 7.80 Å². The summed E-state index contributed by atoms with van der Waals surface area (Å²) in [6.45, 7) is 5.14. The van der Waals surface area contributed by atoms with Gasteiger partial charge in [0.25, 0.3) is 0 Å². The summed E-state index contributed by atoms with van der Waals surface area (Å²) in [4.78, 5) is 0. The summed E-state index contributed by atoms with van der Waals surface area (Å²) >= 11 is -2.06. The van der Waals surface area contributed by atoms with Gasteiger partial charge in [0, 0.05) is 0 Å². The van der Waals surface area contributed by atoms with Crippen molar-refractivity contribution in [2.75, 3.05) is 11.5 Å². The Bertz CT molecular complexity index is 312. The van der Waals surface area contributed by atoms with Crippen LogP contribution in [-0.2, 0) is 17.9 Å². The molecule has 0 aliphatic carbocycles. The maximum atomic E-state index is 5.86. The molecule has 108 valence electrons. The Kier molecular flexibility index (Phi) is 6.65. The van der Waals surface area contributed by atoms with Crippen LogP contribution >= 0.6 is 6.72 Å². The van der Waals surface area contributed by atoms with E-state index in [1.807, 2.05) is 0 Å². The summed E-state index contributed by atoms with van der Waals surface area (Å²) in [5, 5.41) is 0. The molecule has 3 fully saturated rings. The summed E-state index contributed by atoms with van der Waals surface area (Å²) in [6, 6.07) is 0. The number of hydrogen-bond acceptors (Lipinski definition) is 3. The van der Waals surface area contributed by atoms with Gasteiger partial charge in [0.1, 0.15) is 0 Å². The van der Waals surface area contributed by atoms with Crippen LogP contribution in [0.25, 0.3) is 0 Å². The fourth-order valence-electron chi connectivity index (χ4n) is 2.12. The van der Waals surface area contributed by atoms with Crippen LogP contribution in [0.5, 0.6) is 0 Å². The Balaban J connectivity index is 1.72. The van der Waals surface area contributed by atoms with Gasteiger partial charge in [-0.25, -0.2) is 0 Å². The molecule has 0 aromatic heterocycles. The minimum absolute atomic E-state index is 0.276. The molecule has 3 nitrogen and oxygen atoms in total. The van der Waals surface area contributed by atoms with Crippen molar-refractivity contribution in [3.63, 3.8) is 0 Å². The fraction of sp³-hybridized carbons (Fsp3) is 1.00. The Morgan fingerprint density at radius 3 is 2.11 bits per heavy atom. The molecule has 1 unspecified atom stereocenters. The Morgan fingerprint density at radius 1 is 1.00 bits per heavy atom. The first-order valence-corrected chi connectivity index (χ1v) is 15.1. The van der Waals surface area contributed by atoms with Gasteiger partial charge in [-0.1, -0.05) is 0 Å². The zero-order valence-electron chi connectivity index (χ0n) is 11.8. The van der Waals surface area contributed by atoms with E-state index in [-0.39, 0.29) is 10.1 Å². The molecule has 0 aromatic carbocycles. The minimum atomic E-state index is -2.06. The van der Waals surface area contributed by atoms with Gasteiger partial charge in [-0.2, -0.15) is 0 Å². The van der Waals surface area contributed by atoms with Crippen LogP contribution in [0.3, 0.4) is 0 Å². The quantitative estimate of drug-likeness (QED) is 0.273. The van der Waals surface area contributed by atoms with Gasteiger partial charge in [-0.15, -0.1) is 0 Å². The average Bonchev–Trinajstić information content (AvgIpc) is 2.17. The third kappa shape index (κ3) is 4.02. The van der Waals surface area contributed by atoms with Crippen molar-refractivity contribution in [3.8, 4) is 0 Å². The maximum absolute atomic E-state index is 5.86. The zero-order valence-corrected chi connectivity index (χ0v) is 16.9. The van der Waals surface area contributed by atoms with Gasteiger partial charge in [0.15, 0.2) is 0 Å². The SMILES string of the molecule is CCCCCCCCS(CC(C)C)=P12[O][Bi]([O]1)[O]2. The van der Waals surface area contributed by atoms with Gasteiger partial charge >= 0.3 is 124 Å². The molecule has 3 aliphatic heterocycles. The van der Waals surface area contributed by atoms with E-state index in [1.54, 1.807) is 0 Å². The first-order chi connectivity index (χ1) is 8.66. The zero-order chi connectivity index (χ0) is 13.0. The van der Waals surface area contributed by atoms with Crippen LogP contribution in [0.1, 0.15) is 59.3 Å². The van der Waals surface area contributed by atoms with Crippen LogP contribution in [-0.4, -0.2) is 34.6 Å². The van der Waals surface area contributed by atoms with E-state index in [2.05, 4.69) is 20.8 Å². The standard InChI is InChI=1S/C12H26O3PS.Bi/c1-4-5-6-7-8-9-10-17(11-12(2)3)16(13,14)15;/h12H,4-11H2,1-3H3;/q-3;+3. The van der Waals surface area contributed by atoms with Crippen molar-refractivity contribution in [3.05, 3.63) is 0 Å². The molecule has 0 N–H and O–H groups in total. The van der Waals surface area contributed by atoms with Crippen LogP contribution < -0.4 is 0 Å². The van der Waals surface area contributed by atoms with Crippen molar-refractivity contribution in [2.24, 2.45) is 5.92 Å². The normalized spacial score (nSPS) is 22.7. The average molecular weight is 490 g/mol. The van der Waals surface area contributed by atoms with E-state index in [0.29, 0.717) is 0 Å². The molecule has 0 amide bonds. The van der Waals surface area contributed by atoms with Crippen LogP contribution in [0.15, 0.2) is 0 Å². The molecule has 3 saturated heterocycles. The van der Waals surface area contributed by atoms with Crippen molar-refractivity contribution < 1.29 is 7.80 Å². The molecule has 3 aliphatic rings. The van der Waals surface area contributed by atoms with Crippen molar-refractivity contribution >= 4 is 39.9 Å². The van der Waals surface area contributed by atoms with E-state index < -0.39 is 29.8 Å². The molecule has 0 spiro atoms. The molecule has 18 heavy (non-hydrogen) atoms. The van der Waals surface area contributed by atoms with Gasteiger partial charge in [-0.3, -0.25) is 0 Å². The molecule has 0 radical (unpaired) electrons. The topological polar surface area (TPSA) is 27.7 Å². The van der Waals surface area contributed by atoms with E-state index in [0.717, 1.165) is 5.92 Å². The molecular weight excluding hydrogens is 464 g/mol. The van der Waals surface area contributed by atoms with Crippen molar-refractivity contribution in [1.82, 2.24) is 0 Å². The van der Waals surface area contributed by atoms with Crippen LogP contribution in [0.2, 0.25) is 0 Å². The molecule has 0 saturated carbocycles. The second-order valence-electron chi connectivity index (χ2n) is 5.41. The monoisotopic (exact) mass is 490 g/mol. The summed E-state index contributed by atoms with van der Waals surface area (Å²) < 4.78 is 17.6. The summed E-state index contributed by atoms with van der Waals surface area (Å²) in [6.07, 6.45) is 8.21. The van der Waals surface area contributed by atoms with Gasteiger partial charge < -0.3 is 0 Å². The summed E-state index contributed by atoms with van der Waals surface area (Å²) in [5.41, 5.74) is 0. The van der Waals surface area contributed by atoms with Gasteiger partial charge in [0.05, 0.1) is 0 Å². The Morgan fingerprint density at radius 2 is 1.61 bits per heavy atom. The van der Waals surface area contributed by atoms with Crippen molar-refractivity contribution in [2.45, 2.75) is 59.3 Å². The van der Waals surface area contributed by atoms with E-state index >= 15 is 0 Å². The van der Waals surface area contributed by atoms with Crippen molar-refractivity contribution in [1.29, 1.82) is 0 Å². The van der Waals surface area contributed by atoms with Gasteiger partial charge in [-0.05, 0) is 0 Å². The number of unbranched alkanes of at least 4 members (excludes halogenated alkanes) is 5. The van der Waals surface area contributed by atoms with Gasteiger partial charge in [0.2, 0.25) is 0 Å². The summed E-state index contributed by atoms with van der Waals surface area (Å²) in [5.74, 6) is 3.24. The molecule has 3 heterocycles. The van der Waals surface area contributed by atoms with E-state index in [1.165, 1.54) is 50.0 Å². The molecule has 0 aromatic rings.